The van der Waals surface area contributed by atoms with Crippen molar-refractivity contribution in [1.29, 1.82) is 0 Å². The molecule has 1 N–H and O–H groups in total. The van der Waals surface area contributed by atoms with Crippen LogP contribution in [-0.4, -0.2) is 19.3 Å². The molecule has 1 aromatic carbocycles. The number of nitrogens with one attached hydrogen (secondary N) is 1. The maximum atomic E-state index is 5.36. The van der Waals surface area contributed by atoms with E-state index < -0.39 is 0 Å². The van der Waals surface area contributed by atoms with Gasteiger partial charge >= 0.3 is 0 Å². The summed E-state index contributed by atoms with van der Waals surface area (Å²) in [6.45, 7) is 9.53. The summed E-state index contributed by atoms with van der Waals surface area (Å²) in [5.74, 6) is 0. The molecule has 0 aliphatic carbocycles. The van der Waals surface area contributed by atoms with Crippen LogP contribution in [-0.2, 0) is 16.7 Å². The minimum absolute atomic E-state index is 0.243. The van der Waals surface area contributed by atoms with Gasteiger partial charge in [0.25, 0.3) is 0 Å². The molecule has 0 spiro atoms. The average Bonchev–Trinajstić information content (AvgIpc) is 2.37. The molecule has 0 radical (unpaired) electrons. The van der Waals surface area contributed by atoms with Gasteiger partial charge in [-0.1, -0.05) is 45.0 Å². The van der Waals surface area contributed by atoms with Crippen LogP contribution in [0.4, 0.5) is 0 Å². The standard InChI is InChI=1S/C16H25NO/c1-16(2,3)14-6-4-13(5-7-14)12-17-15-8-10-18-11-9-15/h4-7,15,17H,8-12H2,1-3H3. The SMILES string of the molecule is CC(C)(C)c1ccc(CNC2CCOCC2)cc1. The second-order valence-corrected chi connectivity index (χ2v) is 6.21. The normalized spacial score (nSPS) is 17.9. The van der Waals surface area contributed by atoms with Gasteiger partial charge in [-0.05, 0) is 29.4 Å². The van der Waals surface area contributed by atoms with Crippen molar-refractivity contribution in [3.05, 3.63) is 35.4 Å². The first-order chi connectivity index (χ1) is 8.55. The Hall–Kier alpha value is -0.860. The lowest BCUT2D eigenvalue weighted by molar-refractivity contribution is 0.0776. The van der Waals surface area contributed by atoms with Crippen LogP contribution in [0.3, 0.4) is 0 Å². The van der Waals surface area contributed by atoms with Crippen LogP contribution in [0.1, 0.15) is 44.7 Å². The largest absolute Gasteiger partial charge is 0.381 e. The third-order valence-electron chi connectivity index (χ3n) is 3.64. The van der Waals surface area contributed by atoms with Gasteiger partial charge in [0, 0.05) is 25.8 Å². The second-order valence-electron chi connectivity index (χ2n) is 6.21. The molecular weight excluding hydrogens is 222 g/mol. The molecule has 1 aromatic rings. The van der Waals surface area contributed by atoms with Gasteiger partial charge in [0.2, 0.25) is 0 Å². The van der Waals surface area contributed by atoms with E-state index in [0.717, 1.165) is 32.6 Å². The van der Waals surface area contributed by atoms with Crippen molar-refractivity contribution < 1.29 is 4.74 Å². The van der Waals surface area contributed by atoms with Crippen molar-refractivity contribution in [1.82, 2.24) is 5.32 Å². The van der Waals surface area contributed by atoms with Crippen molar-refractivity contribution in [3.63, 3.8) is 0 Å². The highest BCUT2D eigenvalue weighted by Gasteiger charge is 2.14. The lowest BCUT2D eigenvalue weighted by Crippen LogP contribution is -2.34. The lowest BCUT2D eigenvalue weighted by Gasteiger charge is -2.23. The first-order valence-electron chi connectivity index (χ1n) is 6.96. The Bertz CT molecular complexity index is 358. The molecule has 2 heteroatoms. The molecule has 18 heavy (non-hydrogen) atoms. The average molecular weight is 247 g/mol. The first-order valence-corrected chi connectivity index (χ1v) is 6.96. The molecule has 0 saturated carbocycles. The zero-order valence-corrected chi connectivity index (χ0v) is 11.8. The van der Waals surface area contributed by atoms with E-state index in [4.69, 9.17) is 4.74 Å². The number of rotatable bonds is 3. The Morgan fingerprint density at radius 3 is 2.28 bits per heavy atom. The quantitative estimate of drug-likeness (QED) is 0.885. The lowest BCUT2D eigenvalue weighted by atomic mass is 9.87. The van der Waals surface area contributed by atoms with Gasteiger partial charge in [-0.25, -0.2) is 0 Å². The summed E-state index contributed by atoms with van der Waals surface area (Å²) in [4.78, 5) is 0. The summed E-state index contributed by atoms with van der Waals surface area (Å²) < 4.78 is 5.36. The molecule has 1 heterocycles. The van der Waals surface area contributed by atoms with Crippen molar-refractivity contribution in [2.75, 3.05) is 13.2 Å². The molecule has 0 atom stereocenters. The summed E-state index contributed by atoms with van der Waals surface area (Å²) >= 11 is 0. The predicted octanol–water partition coefficient (Wildman–Crippen LogP) is 3.25. The minimum Gasteiger partial charge on any atom is -0.381 e. The maximum absolute atomic E-state index is 5.36. The van der Waals surface area contributed by atoms with Gasteiger partial charge in [-0.15, -0.1) is 0 Å². The number of ether oxygens (including phenoxy) is 1. The van der Waals surface area contributed by atoms with E-state index >= 15 is 0 Å². The summed E-state index contributed by atoms with van der Waals surface area (Å²) in [6.07, 6.45) is 2.28. The van der Waals surface area contributed by atoms with Crippen LogP contribution in [0.15, 0.2) is 24.3 Å². The molecular formula is C16H25NO. The van der Waals surface area contributed by atoms with Gasteiger partial charge in [-0.2, -0.15) is 0 Å². The Labute approximate surface area is 111 Å². The van der Waals surface area contributed by atoms with Gasteiger partial charge in [0.05, 0.1) is 0 Å². The molecule has 2 nitrogen and oxygen atoms in total. The Morgan fingerprint density at radius 1 is 1.11 bits per heavy atom. The summed E-state index contributed by atoms with van der Waals surface area (Å²) in [7, 11) is 0. The number of benzene rings is 1. The smallest absolute Gasteiger partial charge is 0.0480 e. The van der Waals surface area contributed by atoms with Crippen LogP contribution in [0.25, 0.3) is 0 Å². The molecule has 2 rings (SSSR count). The maximum Gasteiger partial charge on any atom is 0.0480 e. The van der Waals surface area contributed by atoms with E-state index in [0.29, 0.717) is 6.04 Å². The molecule has 1 saturated heterocycles. The topological polar surface area (TPSA) is 21.3 Å². The van der Waals surface area contributed by atoms with Crippen LogP contribution < -0.4 is 5.32 Å². The summed E-state index contributed by atoms with van der Waals surface area (Å²) in [5, 5.41) is 3.62. The van der Waals surface area contributed by atoms with E-state index in [2.05, 4.69) is 50.4 Å². The minimum atomic E-state index is 0.243. The Morgan fingerprint density at radius 2 is 1.72 bits per heavy atom. The summed E-state index contributed by atoms with van der Waals surface area (Å²) in [5.41, 5.74) is 3.01. The van der Waals surface area contributed by atoms with Crippen LogP contribution in [0.5, 0.6) is 0 Å². The highest BCUT2D eigenvalue weighted by Crippen LogP contribution is 2.22. The van der Waals surface area contributed by atoms with Gasteiger partial charge in [-0.3, -0.25) is 0 Å². The molecule has 1 aliphatic rings. The fourth-order valence-electron chi connectivity index (χ4n) is 2.29. The van der Waals surface area contributed by atoms with E-state index in [9.17, 15) is 0 Å². The fraction of sp³-hybridized carbons (Fsp3) is 0.625. The van der Waals surface area contributed by atoms with E-state index in [1.165, 1.54) is 11.1 Å². The van der Waals surface area contributed by atoms with E-state index in [1.807, 2.05) is 0 Å². The highest BCUT2D eigenvalue weighted by atomic mass is 16.5. The predicted molar refractivity (Wildman–Crippen MR) is 75.8 cm³/mol. The van der Waals surface area contributed by atoms with Crippen molar-refractivity contribution >= 4 is 0 Å². The third kappa shape index (κ3) is 3.82. The highest BCUT2D eigenvalue weighted by molar-refractivity contribution is 5.27. The van der Waals surface area contributed by atoms with Gasteiger partial charge in [0.15, 0.2) is 0 Å². The number of hydrogen-bond acceptors (Lipinski definition) is 2. The van der Waals surface area contributed by atoms with E-state index in [-0.39, 0.29) is 5.41 Å². The monoisotopic (exact) mass is 247 g/mol. The van der Waals surface area contributed by atoms with Gasteiger partial charge < -0.3 is 10.1 Å². The third-order valence-corrected chi connectivity index (χ3v) is 3.64. The molecule has 1 aliphatic heterocycles. The van der Waals surface area contributed by atoms with Gasteiger partial charge in [0.1, 0.15) is 0 Å². The van der Waals surface area contributed by atoms with E-state index in [1.54, 1.807) is 0 Å². The zero-order valence-electron chi connectivity index (χ0n) is 11.8. The number of hydrogen-bond donors (Lipinski definition) is 1. The molecule has 0 bridgehead atoms. The summed E-state index contributed by atoms with van der Waals surface area (Å²) in [6, 6.07) is 9.61. The fourth-order valence-corrected chi connectivity index (χ4v) is 2.29. The van der Waals surface area contributed by atoms with Crippen molar-refractivity contribution in [3.8, 4) is 0 Å². The molecule has 100 valence electrons. The second kappa shape index (κ2) is 5.85. The van der Waals surface area contributed by atoms with Crippen molar-refractivity contribution in [2.45, 2.75) is 51.6 Å². The van der Waals surface area contributed by atoms with Crippen LogP contribution in [0.2, 0.25) is 0 Å². The Kier molecular flexibility index (Phi) is 4.41. The molecule has 0 aromatic heterocycles. The molecule has 0 amide bonds. The van der Waals surface area contributed by atoms with Crippen LogP contribution in [0, 0.1) is 0 Å². The Balaban J connectivity index is 1.86. The van der Waals surface area contributed by atoms with Crippen molar-refractivity contribution in [2.24, 2.45) is 0 Å². The zero-order chi connectivity index (χ0) is 13.0. The molecule has 0 unspecified atom stereocenters. The van der Waals surface area contributed by atoms with Crippen LogP contribution >= 0.6 is 0 Å². The molecule has 1 fully saturated rings. The first kappa shape index (κ1) is 13.6.